The third-order valence-corrected chi connectivity index (χ3v) is 2.67. The molecule has 0 atom stereocenters. The summed E-state index contributed by atoms with van der Waals surface area (Å²) in [5.41, 5.74) is 0. The fraction of sp³-hybridized carbons (Fsp3) is 0.923. The molecule has 3 N–H and O–H groups in total. The van der Waals surface area contributed by atoms with Gasteiger partial charge in [0, 0.05) is 13.1 Å². The van der Waals surface area contributed by atoms with E-state index in [9.17, 15) is 0 Å². The van der Waals surface area contributed by atoms with Crippen LogP contribution in [-0.2, 0) is 0 Å². The zero-order valence-electron chi connectivity index (χ0n) is 12.6. The lowest BCUT2D eigenvalue weighted by Crippen LogP contribution is -2.37. The van der Waals surface area contributed by atoms with E-state index in [0.29, 0.717) is 5.96 Å². The summed E-state index contributed by atoms with van der Waals surface area (Å²) < 4.78 is 0. The smallest absolute Gasteiger partial charge is 0.188 e. The molecule has 0 aliphatic carbocycles. The molecule has 0 amide bonds. The van der Waals surface area contributed by atoms with Crippen LogP contribution < -0.4 is 10.6 Å². The quantitative estimate of drug-likeness (QED) is 0.308. The minimum atomic E-state index is 0.463. The van der Waals surface area contributed by atoms with Gasteiger partial charge in [0.1, 0.15) is 0 Å². The molecule has 5 heteroatoms. The zero-order chi connectivity index (χ0) is 13.8. The van der Waals surface area contributed by atoms with E-state index in [-0.39, 0.29) is 0 Å². The first-order chi connectivity index (χ1) is 8.52. The number of nitrogens with one attached hydrogen (secondary N) is 3. The van der Waals surface area contributed by atoms with Gasteiger partial charge in [-0.2, -0.15) is 0 Å². The van der Waals surface area contributed by atoms with Crippen LogP contribution in [0.5, 0.6) is 0 Å². The third-order valence-electron chi connectivity index (χ3n) is 2.67. The average molecular weight is 257 g/mol. The van der Waals surface area contributed by atoms with Gasteiger partial charge < -0.3 is 20.4 Å². The Morgan fingerprint density at radius 1 is 0.778 bits per heavy atom. The molecular formula is C13H31N5. The second-order valence-electron chi connectivity index (χ2n) is 5.25. The molecule has 0 aliphatic heterocycles. The van der Waals surface area contributed by atoms with E-state index in [1.54, 1.807) is 0 Å². The summed E-state index contributed by atoms with van der Waals surface area (Å²) in [5.74, 6) is 0.463. The van der Waals surface area contributed by atoms with Crippen molar-refractivity contribution in [1.29, 1.82) is 5.41 Å². The molecule has 0 unspecified atom stereocenters. The summed E-state index contributed by atoms with van der Waals surface area (Å²) in [4.78, 5) is 4.38. The highest BCUT2D eigenvalue weighted by Crippen LogP contribution is 1.90. The lowest BCUT2D eigenvalue weighted by Gasteiger charge is -2.12. The number of hydrogen-bond donors (Lipinski definition) is 3. The first-order valence-corrected chi connectivity index (χ1v) is 6.88. The normalized spacial score (nSPS) is 11.0. The summed E-state index contributed by atoms with van der Waals surface area (Å²) in [6, 6.07) is 0. The van der Waals surface area contributed by atoms with Crippen molar-refractivity contribution >= 4 is 5.96 Å². The van der Waals surface area contributed by atoms with Crippen molar-refractivity contribution in [2.24, 2.45) is 0 Å². The Labute approximate surface area is 112 Å². The molecule has 0 bridgehead atoms. The van der Waals surface area contributed by atoms with E-state index in [1.165, 1.54) is 12.8 Å². The summed E-state index contributed by atoms with van der Waals surface area (Å²) in [5, 5.41) is 13.9. The first-order valence-electron chi connectivity index (χ1n) is 6.88. The molecular weight excluding hydrogens is 226 g/mol. The molecule has 0 spiro atoms. The maximum Gasteiger partial charge on any atom is 0.188 e. The number of rotatable bonds is 10. The summed E-state index contributed by atoms with van der Waals surface area (Å²) in [7, 11) is 8.35. The monoisotopic (exact) mass is 257 g/mol. The van der Waals surface area contributed by atoms with Gasteiger partial charge in [-0.05, 0) is 67.0 Å². The third kappa shape index (κ3) is 13.3. The Morgan fingerprint density at radius 2 is 1.17 bits per heavy atom. The molecule has 0 heterocycles. The van der Waals surface area contributed by atoms with E-state index in [4.69, 9.17) is 5.41 Å². The highest BCUT2D eigenvalue weighted by atomic mass is 15.1. The van der Waals surface area contributed by atoms with Crippen LogP contribution in [0.25, 0.3) is 0 Å². The van der Waals surface area contributed by atoms with Crippen LogP contribution in [0.3, 0.4) is 0 Å². The predicted octanol–water partition coefficient (Wildman–Crippen LogP) is 0.784. The molecule has 0 saturated carbocycles. The van der Waals surface area contributed by atoms with Gasteiger partial charge >= 0.3 is 0 Å². The molecule has 0 radical (unpaired) electrons. The molecule has 18 heavy (non-hydrogen) atoms. The van der Waals surface area contributed by atoms with Crippen LogP contribution in [0.2, 0.25) is 0 Å². The number of nitrogens with zero attached hydrogens (tertiary/aromatic N) is 2. The fourth-order valence-electron chi connectivity index (χ4n) is 1.60. The summed E-state index contributed by atoms with van der Waals surface area (Å²) >= 11 is 0. The molecule has 0 aromatic heterocycles. The van der Waals surface area contributed by atoms with Crippen molar-refractivity contribution in [1.82, 2.24) is 20.4 Å². The van der Waals surface area contributed by atoms with E-state index in [2.05, 4.69) is 48.6 Å². The van der Waals surface area contributed by atoms with E-state index >= 15 is 0 Å². The zero-order valence-corrected chi connectivity index (χ0v) is 12.6. The topological polar surface area (TPSA) is 54.4 Å². The van der Waals surface area contributed by atoms with Crippen LogP contribution in [0, 0.1) is 5.41 Å². The highest BCUT2D eigenvalue weighted by Gasteiger charge is 1.96. The van der Waals surface area contributed by atoms with Crippen molar-refractivity contribution in [2.75, 3.05) is 54.4 Å². The Morgan fingerprint density at radius 3 is 1.50 bits per heavy atom. The van der Waals surface area contributed by atoms with Crippen molar-refractivity contribution in [3.05, 3.63) is 0 Å². The predicted molar refractivity (Wildman–Crippen MR) is 79.3 cm³/mol. The largest absolute Gasteiger partial charge is 0.357 e. The van der Waals surface area contributed by atoms with Gasteiger partial charge in [-0.3, -0.25) is 5.41 Å². The molecule has 0 aromatic rings. The Bertz CT molecular complexity index is 184. The lowest BCUT2D eigenvalue weighted by atomic mass is 10.3. The fourth-order valence-corrected chi connectivity index (χ4v) is 1.60. The van der Waals surface area contributed by atoms with Gasteiger partial charge in [-0.1, -0.05) is 0 Å². The van der Waals surface area contributed by atoms with Crippen molar-refractivity contribution in [3.8, 4) is 0 Å². The van der Waals surface area contributed by atoms with Gasteiger partial charge in [0.2, 0.25) is 0 Å². The second kappa shape index (κ2) is 11.3. The molecule has 108 valence electrons. The first kappa shape index (κ1) is 17.2. The maximum atomic E-state index is 7.69. The van der Waals surface area contributed by atoms with Gasteiger partial charge in [0.25, 0.3) is 0 Å². The maximum absolute atomic E-state index is 7.69. The van der Waals surface area contributed by atoms with Gasteiger partial charge in [0.05, 0.1) is 0 Å². The highest BCUT2D eigenvalue weighted by molar-refractivity contribution is 5.76. The Kier molecular flexibility index (Phi) is 10.8. The minimum absolute atomic E-state index is 0.463. The van der Waals surface area contributed by atoms with E-state index in [0.717, 1.165) is 39.0 Å². The van der Waals surface area contributed by atoms with Crippen molar-refractivity contribution in [2.45, 2.75) is 25.7 Å². The van der Waals surface area contributed by atoms with Crippen LogP contribution in [0.4, 0.5) is 0 Å². The molecule has 0 aromatic carbocycles. The Hall–Kier alpha value is -0.810. The van der Waals surface area contributed by atoms with Crippen LogP contribution in [0.15, 0.2) is 0 Å². The van der Waals surface area contributed by atoms with Gasteiger partial charge in [0.15, 0.2) is 5.96 Å². The van der Waals surface area contributed by atoms with Gasteiger partial charge in [-0.15, -0.1) is 0 Å². The van der Waals surface area contributed by atoms with E-state index in [1.807, 2.05) is 0 Å². The Balaban J connectivity index is 3.22. The SMILES string of the molecule is CN(C)CCCCNC(=N)NCCCCN(C)C. The van der Waals surface area contributed by atoms with E-state index < -0.39 is 0 Å². The van der Waals surface area contributed by atoms with Gasteiger partial charge in [-0.25, -0.2) is 0 Å². The average Bonchev–Trinajstić information content (AvgIpc) is 2.27. The number of guanidine groups is 1. The van der Waals surface area contributed by atoms with Crippen molar-refractivity contribution < 1.29 is 0 Å². The van der Waals surface area contributed by atoms with Crippen molar-refractivity contribution in [3.63, 3.8) is 0 Å². The van der Waals surface area contributed by atoms with Crippen LogP contribution >= 0.6 is 0 Å². The van der Waals surface area contributed by atoms with Crippen LogP contribution in [0.1, 0.15) is 25.7 Å². The molecule has 0 fully saturated rings. The minimum Gasteiger partial charge on any atom is -0.357 e. The number of hydrogen-bond acceptors (Lipinski definition) is 3. The second-order valence-corrected chi connectivity index (χ2v) is 5.25. The molecule has 0 aliphatic rings. The molecule has 0 saturated heterocycles. The molecule has 5 nitrogen and oxygen atoms in total. The lowest BCUT2D eigenvalue weighted by molar-refractivity contribution is 0.393. The molecule has 0 rings (SSSR count). The summed E-state index contributed by atoms with van der Waals surface area (Å²) in [6.45, 7) is 4.01. The summed E-state index contributed by atoms with van der Waals surface area (Å²) in [6.07, 6.45) is 4.58. The number of unbranched alkanes of at least 4 members (excludes halogenated alkanes) is 2. The standard InChI is InChI=1S/C13H31N5/c1-17(2)11-7-5-9-15-13(14)16-10-6-8-12-18(3)4/h5-12H2,1-4H3,(H3,14,15,16). The van der Waals surface area contributed by atoms with Crippen LogP contribution in [-0.4, -0.2) is 70.1 Å².